The third kappa shape index (κ3) is 5.36. The van der Waals surface area contributed by atoms with E-state index in [2.05, 4.69) is 47.1 Å². The maximum absolute atomic E-state index is 13.3. The van der Waals surface area contributed by atoms with Crippen LogP contribution < -0.4 is 5.32 Å². The second kappa shape index (κ2) is 11.6. The zero-order valence-electron chi connectivity index (χ0n) is 22.4. The predicted molar refractivity (Wildman–Crippen MR) is 174 cm³/mol. The van der Waals surface area contributed by atoms with Gasteiger partial charge in [0.2, 0.25) is 0 Å². The number of ether oxygens (including phenoxy) is 2. The summed E-state index contributed by atoms with van der Waals surface area (Å²) >= 11 is 5.19. The molecule has 4 aromatic carbocycles. The number of alkyl carbamates (subject to hydrolysis) is 1. The van der Waals surface area contributed by atoms with Crippen molar-refractivity contribution in [3.63, 3.8) is 0 Å². The lowest BCUT2D eigenvalue weighted by Crippen LogP contribution is -2.43. The second-order valence-electron chi connectivity index (χ2n) is 9.99. The fourth-order valence-corrected chi connectivity index (χ4v) is 8.15. The Bertz CT molecular complexity index is 2040. The molecule has 0 aliphatic heterocycles. The van der Waals surface area contributed by atoms with E-state index >= 15 is 0 Å². The first-order valence-electron chi connectivity index (χ1n) is 13.5. The first-order valence-corrected chi connectivity index (χ1v) is 16.1. The van der Waals surface area contributed by atoms with E-state index in [9.17, 15) is 9.59 Å². The van der Waals surface area contributed by atoms with Crippen molar-refractivity contribution in [3.05, 3.63) is 118 Å². The lowest BCUT2D eigenvalue weighted by Gasteiger charge is -2.17. The highest BCUT2D eigenvalue weighted by Crippen LogP contribution is 2.44. The summed E-state index contributed by atoms with van der Waals surface area (Å²) in [6, 6.07) is 31.2. The Kier molecular flexibility index (Phi) is 7.34. The highest BCUT2D eigenvalue weighted by atomic mass is 32.1. The van der Waals surface area contributed by atoms with Gasteiger partial charge in [-0.25, -0.2) is 9.59 Å². The van der Waals surface area contributed by atoms with Crippen LogP contribution in [0.2, 0.25) is 0 Å². The molecule has 1 amide bonds. The molecule has 7 rings (SSSR count). The predicted octanol–water partition coefficient (Wildman–Crippen LogP) is 9.06. The quantitative estimate of drug-likeness (QED) is 0.175. The van der Waals surface area contributed by atoms with E-state index in [1.54, 1.807) is 22.7 Å². The Hall–Kier alpha value is -4.24. The third-order valence-electron chi connectivity index (χ3n) is 7.21. The first kappa shape index (κ1) is 26.6. The van der Waals surface area contributed by atoms with Gasteiger partial charge in [-0.3, -0.25) is 0 Å². The van der Waals surface area contributed by atoms with Gasteiger partial charge in [-0.1, -0.05) is 60.7 Å². The van der Waals surface area contributed by atoms with Gasteiger partial charge in [0.05, 0.1) is 0 Å². The Morgan fingerprint density at radius 2 is 1.33 bits per heavy atom. The van der Waals surface area contributed by atoms with Crippen LogP contribution in [0.3, 0.4) is 0 Å². The monoisotopic (exact) mass is 607 g/mol. The van der Waals surface area contributed by atoms with Gasteiger partial charge in [0.1, 0.15) is 19.3 Å². The zero-order chi connectivity index (χ0) is 28.5. The average Bonchev–Trinajstić information content (AvgIpc) is 3.75. The highest BCUT2D eigenvalue weighted by Gasteiger charge is 2.24. The van der Waals surface area contributed by atoms with Gasteiger partial charge in [0.15, 0.2) is 0 Å². The van der Waals surface area contributed by atoms with Crippen LogP contribution in [0.5, 0.6) is 0 Å². The molecule has 0 radical (unpaired) electrons. The van der Waals surface area contributed by atoms with Crippen LogP contribution >= 0.6 is 34.0 Å². The van der Waals surface area contributed by atoms with Crippen LogP contribution in [-0.4, -0.2) is 18.1 Å². The van der Waals surface area contributed by atoms with Crippen LogP contribution in [0, 0.1) is 0 Å². The number of amides is 1. The van der Waals surface area contributed by atoms with E-state index in [0.29, 0.717) is 6.42 Å². The molecule has 0 fully saturated rings. The van der Waals surface area contributed by atoms with Crippen LogP contribution in [0.1, 0.15) is 16.0 Å². The molecule has 0 aliphatic carbocycles. The number of nitrogens with one attached hydrogen (secondary N) is 1. The number of hydrogen-bond donors (Lipinski definition) is 1. The maximum atomic E-state index is 13.3. The first-order chi connectivity index (χ1) is 20.6. The molecule has 1 atom stereocenters. The fourth-order valence-electron chi connectivity index (χ4n) is 5.24. The molecular weight excluding hydrogens is 583 g/mol. The van der Waals surface area contributed by atoms with Gasteiger partial charge < -0.3 is 14.8 Å². The summed E-state index contributed by atoms with van der Waals surface area (Å²) in [7, 11) is 0. The Morgan fingerprint density at radius 1 is 0.667 bits per heavy atom. The lowest BCUT2D eigenvalue weighted by molar-refractivity contribution is -0.147. The molecule has 7 aromatic rings. The molecule has 3 heterocycles. The van der Waals surface area contributed by atoms with Crippen molar-refractivity contribution >= 4 is 86.4 Å². The van der Waals surface area contributed by atoms with Gasteiger partial charge in [0.25, 0.3) is 0 Å². The molecule has 5 nitrogen and oxygen atoms in total. The molecule has 42 heavy (non-hydrogen) atoms. The van der Waals surface area contributed by atoms with E-state index in [4.69, 9.17) is 9.47 Å². The number of esters is 1. The topological polar surface area (TPSA) is 64.6 Å². The second-order valence-corrected chi connectivity index (χ2v) is 13.2. The molecular formula is C34H25NO4S3. The molecule has 0 unspecified atom stereocenters. The standard InChI is InChI=1S/C34H25NO4S3/c36-33(26(17-21-7-3-1-4-8-21)35-34(37)39-19-22-9-5-2-6-10-22)38-20-23-18-25-28(41-23)12-14-30-32(25)31-24-15-16-40-27(24)11-13-29(31)42-30/h1-16,18,26H,17,19-20H2,(H,35,37)/t26-/m0/s1. The molecule has 208 valence electrons. The molecule has 0 saturated carbocycles. The van der Waals surface area contributed by atoms with Crippen LogP contribution in [0.4, 0.5) is 4.79 Å². The number of carbonyl (C=O) groups is 2. The van der Waals surface area contributed by atoms with Crippen molar-refractivity contribution in [1.82, 2.24) is 5.32 Å². The summed E-state index contributed by atoms with van der Waals surface area (Å²) in [6.07, 6.45) is -0.366. The van der Waals surface area contributed by atoms with E-state index in [1.807, 2.05) is 72.0 Å². The summed E-state index contributed by atoms with van der Waals surface area (Å²) in [5.74, 6) is -0.501. The normalized spacial score (nSPS) is 12.2. The molecule has 0 saturated heterocycles. The van der Waals surface area contributed by atoms with Gasteiger partial charge in [-0.2, -0.15) is 0 Å². The van der Waals surface area contributed by atoms with Crippen LogP contribution in [-0.2, 0) is 33.9 Å². The summed E-state index contributed by atoms with van der Waals surface area (Å²) in [5, 5.41) is 9.88. The van der Waals surface area contributed by atoms with Crippen molar-refractivity contribution in [3.8, 4) is 0 Å². The summed E-state index contributed by atoms with van der Waals surface area (Å²) in [6.45, 7) is 0.243. The van der Waals surface area contributed by atoms with Gasteiger partial charge >= 0.3 is 12.1 Å². The summed E-state index contributed by atoms with van der Waals surface area (Å²) in [4.78, 5) is 26.9. The average molecular weight is 608 g/mol. The van der Waals surface area contributed by atoms with E-state index < -0.39 is 18.1 Å². The lowest BCUT2D eigenvalue weighted by atomic mass is 10.1. The molecule has 1 N–H and O–H groups in total. The zero-order valence-corrected chi connectivity index (χ0v) is 24.8. The van der Waals surface area contributed by atoms with Crippen molar-refractivity contribution in [1.29, 1.82) is 0 Å². The molecule has 0 bridgehead atoms. The molecule has 0 aliphatic rings. The number of fused-ring (bicyclic) bond motifs is 7. The number of thiophene rings is 3. The Labute approximate surface area is 253 Å². The van der Waals surface area contributed by atoms with Crippen LogP contribution in [0.15, 0.2) is 102 Å². The number of rotatable bonds is 8. The molecule has 8 heteroatoms. The molecule has 0 spiro atoms. The summed E-state index contributed by atoms with van der Waals surface area (Å²) in [5.41, 5.74) is 1.78. The number of carbonyl (C=O) groups excluding carboxylic acids is 2. The maximum Gasteiger partial charge on any atom is 0.408 e. The SMILES string of the molecule is O=C(N[C@@H](Cc1ccccc1)C(=O)OCc1cc2c(ccc3sc4ccc5sccc5c4c32)s1)OCc1ccccc1. The minimum Gasteiger partial charge on any atom is -0.458 e. The van der Waals surface area contributed by atoms with Crippen molar-refractivity contribution in [2.24, 2.45) is 0 Å². The minimum absolute atomic E-state index is 0.116. The fraction of sp³-hybridized carbons (Fsp3) is 0.118. The van der Waals surface area contributed by atoms with Gasteiger partial charge in [-0.15, -0.1) is 34.0 Å². The van der Waals surface area contributed by atoms with Crippen molar-refractivity contribution < 1.29 is 19.1 Å². The Balaban J connectivity index is 1.11. The van der Waals surface area contributed by atoms with E-state index in [1.165, 1.54) is 35.6 Å². The van der Waals surface area contributed by atoms with Crippen LogP contribution in [0.25, 0.3) is 40.3 Å². The third-order valence-corrected chi connectivity index (χ3v) is 10.3. The Morgan fingerprint density at radius 3 is 2.10 bits per heavy atom. The van der Waals surface area contributed by atoms with Gasteiger partial charge in [-0.05, 0) is 52.9 Å². The van der Waals surface area contributed by atoms with Crippen molar-refractivity contribution in [2.75, 3.05) is 0 Å². The highest BCUT2D eigenvalue weighted by molar-refractivity contribution is 7.27. The van der Waals surface area contributed by atoms with E-state index in [-0.39, 0.29) is 13.2 Å². The van der Waals surface area contributed by atoms with Crippen molar-refractivity contribution in [2.45, 2.75) is 25.7 Å². The largest absolute Gasteiger partial charge is 0.458 e. The van der Waals surface area contributed by atoms with Gasteiger partial charge in [0, 0.05) is 51.6 Å². The van der Waals surface area contributed by atoms with E-state index in [0.717, 1.165) is 20.7 Å². The minimum atomic E-state index is -0.885. The number of benzene rings is 4. The molecule has 3 aromatic heterocycles. The number of hydrogen-bond acceptors (Lipinski definition) is 7. The summed E-state index contributed by atoms with van der Waals surface area (Å²) < 4.78 is 16.1. The smallest absolute Gasteiger partial charge is 0.408 e.